The molecular weight excluding hydrogens is 322 g/mol. The summed E-state index contributed by atoms with van der Waals surface area (Å²) in [5.41, 5.74) is 0.594. The number of halogens is 1. The lowest BCUT2D eigenvalue weighted by Gasteiger charge is -2.29. The number of likely N-dealkylation sites (tertiary alicyclic amines) is 1. The van der Waals surface area contributed by atoms with Crippen molar-refractivity contribution < 1.29 is 19.5 Å². The molecule has 1 fully saturated rings. The Morgan fingerprint density at radius 1 is 1.22 bits per heavy atom. The number of urea groups is 1. The largest absolute Gasteiger partial charge is 0.481 e. The molecule has 3 amide bonds. The fourth-order valence-electron chi connectivity index (χ4n) is 2.45. The Bertz CT molecular complexity index is 553. The molecule has 8 heteroatoms. The molecule has 0 aliphatic carbocycles. The highest BCUT2D eigenvalue weighted by molar-refractivity contribution is 6.01. The Kier molecular flexibility index (Phi) is 7.50. The van der Waals surface area contributed by atoms with E-state index in [-0.39, 0.29) is 19.0 Å². The summed E-state index contributed by atoms with van der Waals surface area (Å²) in [6.07, 6.45) is 1.36. The number of rotatable bonds is 4. The summed E-state index contributed by atoms with van der Waals surface area (Å²) >= 11 is 0. The number of carboxylic acid groups (broad SMARTS) is 1. The van der Waals surface area contributed by atoms with Crippen LogP contribution < -0.4 is 10.6 Å². The number of para-hydroxylation sites is 1. The van der Waals surface area contributed by atoms with E-state index in [1.807, 2.05) is 6.07 Å². The summed E-state index contributed by atoms with van der Waals surface area (Å²) < 4.78 is 0. The number of nitrogens with zero attached hydrogens (tertiary/aromatic N) is 1. The Balaban J connectivity index is 0.00000264. The summed E-state index contributed by atoms with van der Waals surface area (Å²) in [4.78, 5) is 36.2. The highest BCUT2D eigenvalue weighted by Crippen LogP contribution is 2.16. The van der Waals surface area contributed by atoms with Crippen LogP contribution in [0.5, 0.6) is 0 Å². The third-order valence-electron chi connectivity index (χ3n) is 3.51. The van der Waals surface area contributed by atoms with Gasteiger partial charge in [0.05, 0.1) is 12.5 Å². The van der Waals surface area contributed by atoms with Crippen molar-refractivity contribution >= 4 is 36.0 Å². The summed E-state index contributed by atoms with van der Waals surface area (Å²) in [5, 5.41) is 13.8. The molecule has 1 aromatic rings. The maximum Gasteiger partial charge on any atom is 0.325 e. The fraction of sp³-hybridized carbons (Fsp3) is 0.400. The molecule has 1 heterocycles. The molecule has 0 bridgehead atoms. The first-order valence-corrected chi connectivity index (χ1v) is 7.15. The second kappa shape index (κ2) is 9.12. The SMILES string of the molecule is Cl.O=C(CN1CCCC(C(=O)O)C1)NC(=O)Nc1ccccc1. The number of hydrogen-bond acceptors (Lipinski definition) is 4. The van der Waals surface area contributed by atoms with E-state index < -0.39 is 23.8 Å². The quantitative estimate of drug-likeness (QED) is 0.771. The van der Waals surface area contributed by atoms with Crippen LogP contribution in [-0.2, 0) is 9.59 Å². The van der Waals surface area contributed by atoms with E-state index in [1.54, 1.807) is 29.2 Å². The standard InChI is InChI=1S/C15H19N3O4.ClH/c19-13(10-18-8-4-5-11(9-18)14(20)21)17-15(22)16-12-6-2-1-3-7-12;/h1-3,6-7,11H,4-5,8-10H2,(H,20,21)(H2,16,17,19,22);1H. The molecule has 23 heavy (non-hydrogen) atoms. The average Bonchev–Trinajstić information content (AvgIpc) is 2.48. The average molecular weight is 342 g/mol. The molecule has 0 spiro atoms. The zero-order valence-corrected chi connectivity index (χ0v) is 13.3. The lowest BCUT2D eigenvalue weighted by molar-refractivity contribution is -0.144. The van der Waals surface area contributed by atoms with E-state index >= 15 is 0 Å². The van der Waals surface area contributed by atoms with Gasteiger partial charge in [-0.1, -0.05) is 18.2 Å². The van der Waals surface area contributed by atoms with Gasteiger partial charge in [-0.3, -0.25) is 19.8 Å². The first kappa shape index (κ1) is 18.9. The summed E-state index contributed by atoms with van der Waals surface area (Å²) in [6.45, 7) is 1.02. The van der Waals surface area contributed by atoms with E-state index in [4.69, 9.17) is 5.11 Å². The molecule has 1 aliphatic heterocycles. The monoisotopic (exact) mass is 341 g/mol. The van der Waals surface area contributed by atoms with Crippen LogP contribution >= 0.6 is 12.4 Å². The molecule has 3 N–H and O–H groups in total. The Labute approximate surface area is 140 Å². The van der Waals surface area contributed by atoms with Crippen molar-refractivity contribution in [3.8, 4) is 0 Å². The van der Waals surface area contributed by atoms with E-state index in [0.29, 0.717) is 25.2 Å². The summed E-state index contributed by atoms with van der Waals surface area (Å²) in [7, 11) is 0. The zero-order valence-electron chi connectivity index (χ0n) is 12.5. The number of carbonyl (C=O) groups excluding carboxylic acids is 2. The Morgan fingerprint density at radius 2 is 1.91 bits per heavy atom. The van der Waals surface area contributed by atoms with Gasteiger partial charge in [0, 0.05) is 12.2 Å². The second-order valence-corrected chi connectivity index (χ2v) is 5.28. The van der Waals surface area contributed by atoms with Crippen molar-refractivity contribution in [2.45, 2.75) is 12.8 Å². The first-order chi connectivity index (χ1) is 10.5. The molecule has 1 aromatic carbocycles. The third kappa shape index (κ3) is 6.25. The molecule has 2 rings (SSSR count). The molecule has 0 aromatic heterocycles. The molecule has 1 unspecified atom stereocenters. The van der Waals surface area contributed by atoms with Gasteiger partial charge in [-0.2, -0.15) is 0 Å². The topological polar surface area (TPSA) is 98.7 Å². The van der Waals surface area contributed by atoms with Crippen LogP contribution in [0.15, 0.2) is 30.3 Å². The summed E-state index contributed by atoms with van der Waals surface area (Å²) in [5.74, 6) is -1.73. The number of nitrogens with one attached hydrogen (secondary N) is 2. The van der Waals surface area contributed by atoms with Gasteiger partial charge in [-0.25, -0.2) is 4.79 Å². The number of amides is 3. The van der Waals surface area contributed by atoms with Crippen molar-refractivity contribution in [1.29, 1.82) is 0 Å². The van der Waals surface area contributed by atoms with Crippen molar-refractivity contribution in [3.05, 3.63) is 30.3 Å². The van der Waals surface area contributed by atoms with Crippen LogP contribution in [0.25, 0.3) is 0 Å². The molecule has 1 atom stereocenters. The number of imide groups is 1. The van der Waals surface area contributed by atoms with Gasteiger partial charge in [0.1, 0.15) is 0 Å². The van der Waals surface area contributed by atoms with Crippen LogP contribution in [0, 0.1) is 5.92 Å². The van der Waals surface area contributed by atoms with Gasteiger partial charge in [0.25, 0.3) is 0 Å². The predicted molar refractivity (Wildman–Crippen MR) is 87.7 cm³/mol. The second-order valence-electron chi connectivity index (χ2n) is 5.28. The van der Waals surface area contributed by atoms with Gasteiger partial charge >= 0.3 is 12.0 Å². The zero-order chi connectivity index (χ0) is 15.9. The van der Waals surface area contributed by atoms with Crippen molar-refractivity contribution in [2.75, 3.05) is 25.0 Å². The van der Waals surface area contributed by atoms with Gasteiger partial charge in [0.15, 0.2) is 0 Å². The predicted octanol–water partition coefficient (Wildman–Crippen LogP) is 1.55. The van der Waals surface area contributed by atoms with Crippen molar-refractivity contribution in [3.63, 3.8) is 0 Å². The lowest BCUT2D eigenvalue weighted by atomic mass is 9.98. The number of benzene rings is 1. The number of piperidine rings is 1. The minimum absolute atomic E-state index is 0. The normalized spacial score (nSPS) is 17.7. The molecule has 126 valence electrons. The maximum atomic E-state index is 11.8. The van der Waals surface area contributed by atoms with Crippen molar-refractivity contribution in [1.82, 2.24) is 10.2 Å². The van der Waals surface area contributed by atoms with E-state index in [9.17, 15) is 14.4 Å². The number of hydrogen-bond donors (Lipinski definition) is 3. The first-order valence-electron chi connectivity index (χ1n) is 7.15. The Hall–Kier alpha value is -2.12. The number of aliphatic carboxylic acids is 1. The van der Waals surface area contributed by atoms with Gasteiger partial charge in [-0.15, -0.1) is 12.4 Å². The molecular formula is C15H20ClN3O4. The highest BCUT2D eigenvalue weighted by atomic mass is 35.5. The van der Waals surface area contributed by atoms with Crippen LogP contribution in [0.4, 0.5) is 10.5 Å². The Morgan fingerprint density at radius 3 is 2.57 bits per heavy atom. The smallest absolute Gasteiger partial charge is 0.325 e. The molecule has 0 radical (unpaired) electrons. The number of carbonyl (C=O) groups is 3. The highest BCUT2D eigenvalue weighted by Gasteiger charge is 2.26. The molecule has 1 saturated heterocycles. The minimum Gasteiger partial charge on any atom is -0.481 e. The van der Waals surface area contributed by atoms with Gasteiger partial charge < -0.3 is 10.4 Å². The van der Waals surface area contributed by atoms with Gasteiger partial charge in [0.2, 0.25) is 5.91 Å². The van der Waals surface area contributed by atoms with E-state index in [1.165, 1.54) is 0 Å². The minimum atomic E-state index is -0.841. The number of anilines is 1. The summed E-state index contributed by atoms with van der Waals surface area (Å²) in [6, 6.07) is 8.21. The molecule has 1 aliphatic rings. The maximum absolute atomic E-state index is 11.8. The fourth-order valence-corrected chi connectivity index (χ4v) is 2.45. The van der Waals surface area contributed by atoms with Crippen LogP contribution in [0.3, 0.4) is 0 Å². The van der Waals surface area contributed by atoms with Crippen molar-refractivity contribution in [2.24, 2.45) is 5.92 Å². The molecule has 0 saturated carbocycles. The lowest BCUT2D eigenvalue weighted by Crippen LogP contribution is -2.46. The van der Waals surface area contributed by atoms with Crippen LogP contribution in [-0.4, -0.2) is 47.5 Å². The van der Waals surface area contributed by atoms with Crippen LogP contribution in [0.1, 0.15) is 12.8 Å². The van der Waals surface area contributed by atoms with E-state index in [2.05, 4.69) is 10.6 Å². The van der Waals surface area contributed by atoms with Gasteiger partial charge in [-0.05, 0) is 31.5 Å². The van der Waals surface area contributed by atoms with Crippen LogP contribution in [0.2, 0.25) is 0 Å². The van der Waals surface area contributed by atoms with E-state index in [0.717, 1.165) is 6.42 Å². The molecule has 7 nitrogen and oxygen atoms in total. The third-order valence-corrected chi connectivity index (χ3v) is 3.51. The number of carboxylic acids is 1.